The second kappa shape index (κ2) is 8.07. The number of aryl methyl sites for hydroxylation is 1. The molecule has 0 amide bonds. The standard InChI is InChI=1S/C24H35FO2Si/c1-17-14-18(11-12-22(17)25)20-15-19(27-28(7,8)23(2,3)4)16-24(5,6)21(20)10-9-13-26/h9-14,19H,15-16H2,1-8H3. The van der Waals surface area contributed by atoms with Crippen LogP contribution in [0, 0.1) is 18.2 Å². The molecule has 1 aliphatic carbocycles. The van der Waals surface area contributed by atoms with Crippen molar-refractivity contribution >= 4 is 20.2 Å². The molecule has 0 fully saturated rings. The Balaban J connectivity index is 2.53. The normalized spacial score (nSPS) is 20.7. The molecular weight excluding hydrogens is 367 g/mol. The van der Waals surface area contributed by atoms with Gasteiger partial charge < -0.3 is 4.43 Å². The third kappa shape index (κ3) is 4.90. The fraction of sp³-hybridized carbons (Fsp3) is 0.542. The van der Waals surface area contributed by atoms with Crippen LogP contribution in [-0.4, -0.2) is 20.7 Å². The minimum atomic E-state index is -1.91. The van der Waals surface area contributed by atoms with E-state index in [2.05, 4.69) is 47.7 Å². The third-order valence-corrected chi connectivity index (χ3v) is 10.9. The van der Waals surface area contributed by atoms with Crippen LogP contribution in [-0.2, 0) is 9.22 Å². The van der Waals surface area contributed by atoms with Gasteiger partial charge in [0.05, 0.1) is 0 Å². The second-order valence-electron chi connectivity index (χ2n) is 10.1. The molecule has 0 N–H and O–H groups in total. The lowest BCUT2D eigenvalue weighted by Crippen LogP contribution is -2.46. The van der Waals surface area contributed by atoms with Crippen LogP contribution >= 0.6 is 0 Å². The highest BCUT2D eigenvalue weighted by Crippen LogP contribution is 2.48. The van der Waals surface area contributed by atoms with E-state index in [0.29, 0.717) is 5.56 Å². The van der Waals surface area contributed by atoms with E-state index in [0.717, 1.165) is 35.8 Å². The summed E-state index contributed by atoms with van der Waals surface area (Å²) in [6.45, 7) is 17.5. The van der Waals surface area contributed by atoms with Crippen molar-refractivity contribution in [2.75, 3.05) is 0 Å². The molecule has 4 heteroatoms. The molecule has 0 saturated heterocycles. The summed E-state index contributed by atoms with van der Waals surface area (Å²) in [6, 6.07) is 5.28. The van der Waals surface area contributed by atoms with Gasteiger partial charge in [0.25, 0.3) is 0 Å². The zero-order chi connectivity index (χ0) is 21.3. The lowest BCUT2D eigenvalue weighted by Gasteiger charge is -2.45. The summed E-state index contributed by atoms with van der Waals surface area (Å²) in [7, 11) is -1.91. The summed E-state index contributed by atoms with van der Waals surface area (Å²) < 4.78 is 20.6. The first kappa shape index (κ1) is 22.8. The van der Waals surface area contributed by atoms with Gasteiger partial charge in [0.2, 0.25) is 0 Å². The molecule has 0 saturated carbocycles. The van der Waals surface area contributed by atoms with Crippen LogP contribution in [0.15, 0.2) is 35.9 Å². The summed E-state index contributed by atoms with van der Waals surface area (Å²) in [5.74, 6) is -0.196. The molecule has 1 aliphatic rings. The predicted octanol–water partition coefficient (Wildman–Crippen LogP) is 6.85. The van der Waals surface area contributed by atoms with E-state index in [-0.39, 0.29) is 22.4 Å². The van der Waals surface area contributed by atoms with E-state index in [1.54, 1.807) is 13.0 Å². The van der Waals surface area contributed by atoms with E-state index in [1.807, 2.05) is 18.2 Å². The van der Waals surface area contributed by atoms with Gasteiger partial charge in [-0.25, -0.2) is 4.39 Å². The van der Waals surface area contributed by atoms with Crippen molar-refractivity contribution in [3.05, 3.63) is 52.9 Å². The largest absolute Gasteiger partial charge is 0.414 e. The molecule has 0 aliphatic heterocycles. The highest BCUT2D eigenvalue weighted by Gasteiger charge is 2.42. The van der Waals surface area contributed by atoms with Gasteiger partial charge in [-0.05, 0) is 83.8 Å². The van der Waals surface area contributed by atoms with Crippen LogP contribution in [0.3, 0.4) is 0 Å². The zero-order valence-electron chi connectivity index (χ0n) is 18.7. The van der Waals surface area contributed by atoms with Crippen molar-refractivity contribution < 1.29 is 13.6 Å². The number of allylic oxidation sites excluding steroid dienone is 3. The molecular formula is C24H35FO2Si. The highest BCUT2D eigenvalue weighted by molar-refractivity contribution is 6.74. The van der Waals surface area contributed by atoms with E-state index in [9.17, 15) is 9.18 Å². The number of halogens is 1. The number of carbonyl (C=O) groups excluding carboxylic acids is 1. The van der Waals surface area contributed by atoms with Crippen LogP contribution < -0.4 is 0 Å². The summed E-state index contributed by atoms with van der Waals surface area (Å²) >= 11 is 0. The fourth-order valence-electron chi connectivity index (χ4n) is 3.74. The number of hydrogen-bond acceptors (Lipinski definition) is 2. The van der Waals surface area contributed by atoms with Crippen molar-refractivity contribution in [2.24, 2.45) is 5.41 Å². The van der Waals surface area contributed by atoms with Crippen molar-refractivity contribution in [3.8, 4) is 0 Å². The Kier molecular flexibility index (Phi) is 6.56. The molecule has 0 heterocycles. The molecule has 154 valence electrons. The first-order chi connectivity index (χ1) is 12.8. The average Bonchev–Trinajstić information content (AvgIpc) is 2.54. The van der Waals surface area contributed by atoms with Crippen LogP contribution in [0.25, 0.3) is 5.57 Å². The van der Waals surface area contributed by atoms with Crippen molar-refractivity contribution in [1.29, 1.82) is 0 Å². The summed E-state index contributed by atoms with van der Waals surface area (Å²) in [4.78, 5) is 11.0. The molecule has 1 atom stereocenters. The predicted molar refractivity (Wildman–Crippen MR) is 118 cm³/mol. The SMILES string of the molecule is Cc1cc(C2=C(C=CC=O)C(C)(C)CC(O[Si](C)(C)C(C)(C)C)C2)ccc1F. The summed E-state index contributed by atoms with van der Waals surface area (Å²) in [6.07, 6.45) is 6.09. The van der Waals surface area contributed by atoms with Crippen molar-refractivity contribution in [3.63, 3.8) is 0 Å². The molecule has 0 radical (unpaired) electrons. The summed E-state index contributed by atoms with van der Waals surface area (Å²) in [5.41, 5.74) is 3.81. The van der Waals surface area contributed by atoms with E-state index < -0.39 is 8.32 Å². The van der Waals surface area contributed by atoms with Gasteiger partial charge in [-0.1, -0.05) is 46.8 Å². The number of carbonyl (C=O) groups is 1. The van der Waals surface area contributed by atoms with Gasteiger partial charge in [-0.3, -0.25) is 4.79 Å². The van der Waals surface area contributed by atoms with Crippen LogP contribution in [0.5, 0.6) is 0 Å². The first-order valence-electron chi connectivity index (χ1n) is 10.1. The lowest BCUT2D eigenvalue weighted by molar-refractivity contribution is -0.104. The zero-order valence-corrected chi connectivity index (χ0v) is 19.7. The van der Waals surface area contributed by atoms with Gasteiger partial charge in [0.15, 0.2) is 8.32 Å². The third-order valence-electron chi connectivity index (χ3n) is 6.34. The minimum Gasteiger partial charge on any atom is -0.414 e. The smallest absolute Gasteiger partial charge is 0.192 e. The maximum Gasteiger partial charge on any atom is 0.192 e. The van der Waals surface area contributed by atoms with Crippen LogP contribution in [0.1, 0.15) is 58.6 Å². The number of rotatable bonds is 5. The average molecular weight is 403 g/mol. The van der Waals surface area contributed by atoms with Gasteiger partial charge in [0.1, 0.15) is 12.1 Å². The van der Waals surface area contributed by atoms with Crippen molar-refractivity contribution in [2.45, 2.75) is 78.6 Å². The topological polar surface area (TPSA) is 26.3 Å². The molecule has 1 unspecified atom stereocenters. The molecule has 0 spiro atoms. The van der Waals surface area contributed by atoms with Gasteiger partial charge in [0, 0.05) is 6.10 Å². The van der Waals surface area contributed by atoms with Crippen molar-refractivity contribution in [1.82, 2.24) is 0 Å². The Morgan fingerprint density at radius 3 is 2.43 bits per heavy atom. The lowest BCUT2D eigenvalue weighted by atomic mass is 9.69. The minimum absolute atomic E-state index is 0.115. The number of benzene rings is 1. The molecule has 28 heavy (non-hydrogen) atoms. The highest BCUT2D eigenvalue weighted by atomic mass is 28.4. The molecule has 2 rings (SSSR count). The van der Waals surface area contributed by atoms with Crippen LogP contribution in [0.2, 0.25) is 18.1 Å². The second-order valence-corrected chi connectivity index (χ2v) is 14.9. The fourth-order valence-corrected chi connectivity index (χ4v) is 5.10. The Hall–Kier alpha value is -1.52. The molecule has 1 aromatic carbocycles. The molecule has 2 nitrogen and oxygen atoms in total. The van der Waals surface area contributed by atoms with Gasteiger partial charge in [-0.15, -0.1) is 0 Å². The van der Waals surface area contributed by atoms with E-state index >= 15 is 0 Å². The van der Waals surface area contributed by atoms with E-state index in [4.69, 9.17) is 4.43 Å². The Morgan fingerprint density at radius 2 is 1.89 bits per heavy atom. The maximum atomic E-state index is 13.9. The molecule has 0 bridgehead atoms. The van der Waals surface area contributed by atoms with Crippen LogP contribution in [0.4, 0.5) is 4.39 Å². The molecule has 1 aromatic rings. The number of hydrogen-bond donors (Lipinski definition) is 0. The maximum absolute atomic E-state index is 13.9. The first-order valence-corrected chi connectivity index (χ1v) is 13.0. The molecule has 0 aromatic heterocycles. The summed E-state index contributed by atoms with van der Waals surface area (Å²) in [5, 5.41) is 0.144. The Morgan fingerprint density at radius 1 is 1.25 bits per heavy atom. The Bertz CT molecular complexity index is 797. The van der Waals surface area contributed by atoms with E-state index in [1.165, 1.54) is 6.07 Å². The van der Waals surface area contributed by atoms with Gasteiger partial charge >= 0.3 is 0 Å². The monoisotopic (exact) mass is 402 g/mol. The number of aldehydes is 1. The van der Waals surface area contributed by atoms with Gasteiger partial charge in [-0.2, -0.15) is 0 Å². The quantitative estimate of drug-likeness (QED) is 0.306. The Labute approximate surface area is 171 Å².